The smallest absolute Gasteiger partial charge is 0.302 e. The van der Waals surface area contributed by atoms with Gasteiger partial charge in [0.2, 0.25) is 5.78 Å². The number of phenols is 1. The molecule has 0 radical (unpaired) electrons. The molecule has 0 bridgehead atoms. The van der Waals surface area contributed by atoms with Crippen molar-refractivity contribution in [2.75, 3.05) is 14.1 Å². The molecule has 15 nitrogen and oxygen atoms in total. The second kappa shape index (κ2) is 9.57. The molecule has 1 fully saturated rings. The van der Waals surface area contributed by atoms with Gasteiger partial charge < -0.3 is 36.0 Å². The first kappa shape index (κ1) is 27.5. The molecule has 1 aromatic carbocycles. The second-order valence-electron chi connectivity index (χ2n) is 10.2. The number of aliphatic hydroxyl groups is 3. The van der Waals surface area contributed by atoms with Crippen molar-refractivity contribution in [3.05, 3.63) is 68.6 Å². The predicted octanol–water partition coefficient (Wildman–Crippen LogP) is -1.23. The number of ketones is 2. The molecule has 41 heavy (non-hydrogen) atoms. The van der Waals surface area contributed by atoms with E-state index in [1.54, 1.807) is 0 Å². The topological polar surface area (TPSA) is 245 Å². The number of nitrogens with two attached hydrogens (primary N) is 1. The molecule has 1 aromatic heterocycles. The van der Waals surface area contributed by atoms with Crippen molar-refractivity contribution < 1.29 is 44.4 Å². The molecule has 0 saturated heterocycles. The average molecular weight is 568 g/mol. The lowest BCUT2D eigenvalue weighted by Gasteiger charge is -2.50. The zero-order valence-corrected chi connectivity index (χ0v) is 21.7. The summed E-state index contributed by atoms with van der Waals surface area (Å²) in [7, 11) is 2.99. The minimum absolute atomic E-state index is 0.0162. The van der Waals surface area contributed by atoms with Crippen molar-refractivity contribution >= 4 is 29.1 Å². The molecule has 4 atom stereocenters. The SMILES string of the molecule is CN(C)[C@H]1C(=O)C(C(N)=O)=C(O)[C@]2(O)C(=O)C3=C(O)c4c(O)ccc(ONC(=O)c5cc(=O)[nH]cn5)c4C[C@@H]3C[C@H]12. The zero-order chi connectivity index (χ0) is 30.0. The lowest BCUT2D eigenvalue weighted by atomic mass is 9.57. The number of likely N-dealkylation sites (N-methyl/N-ethyl adjacent to an activating group) is 1. The van der Waals surface area contributed by atoms with Gasteiger partial charge in [0.25, 0.3) is 11.5 Å². The summed E-state index contributed by atoms with van der Waals surface area (Å²) in [5.41, 5.74) is 2.60. The van der Waals surface area contributed by atoms with Crippen LogP contribution in [0, 0.1) is 11.8 Å². The van der Waals surface area contributed by atoms with E-state index in [-0.39, 0.29) is 41.0 Å². The van der Waals surface area contributed by atoms with Crippen LogP contribution in [0.5, 0.6) is 11.5 Å². The van der Waals surface area contributed by atoms with Gasteiger partial charge in [0.15, 0.2) is 17.1 Å². The fraction of sp³-hybridized carbons (Fsp3) is 0.308. The minimum atomic E-state index is -2.76. The van der Waals surface area contributed by atoms with E-state index in [0.717, 1.165) is 18.5 Å². The number of Topliss-reactive ketones (excluding diaryl/α,β-unsaturated/α-hetero) is 2. The monoisotopic (exact) mass is 567 g/mol. The van der Waals surface area contributed by atoms with Crippen LogP contribution in [0.2, 0.25) is 0 Å². The maximum absolute atomic E-state index is 13.8. The standard InChI is InChI=1S/C26H25N5O10/c1-31(2)19-11-6-9-5-10-14(41-30-25(39)12-7-15(33)29-8-28-12)4-3-13(32)17(10)20(34)16(9)22(36)26(11,40)23(37)18(21(19)35)24(27)38/h3-4,7-9,11,19,32,34,37,40H,5-6H2,1-2H3,(H2,27,38)(H,30,39)(H,28,29,33)/t9-,11-,19-,26-/m1/s1. The van der Waals surface area contributed by atoms with Gasteiger partial charge in [0.1, 0.15) is 28.5 Å². The maximum atomic E-state index is 13.8. The number of aromatic hydroxyl groups is 1. The number of hydroxylamine groups is 1. The Labute approximate surface area is 230 Å². The van der Waals surface area contributed by atoms with E-state index in [1.165, 1.54) is 25.1 Å². The fourth-order valence-electron chi connectivity index (χ4n) is 5.96. The highest BCUT2D eigenvalue weighted by Crippen LogP contribution is 2.53. The van der Waals surface area contributed by atoms with Crippen molar-refractivity contribution in [1.82, 2.24) is 20.3 Å². The van der Waals surface area contributed by atoms with Gasteiger partial charge in [0, 0.05) is 23.1 Å². The number of aromatic nitrogens is 2. The Morgan fingerprint density at radius 1 is 1.20 bits per heavy atom. The van der Waals surface area contributed by atoms with Crippen LogP contribution in [-0.2, 0) is 20.8 Å². The third-order valence-electron chi connectivity index (χ3n) is 7.73. The van der Waals surface area contributed by atoms with Gasteiger partial charge in [-0.1, -0.05) is 0 Å². The number of primary amides is 1. The van der Waals surface area contributed by atoms with Gasteiger partial charge in [-0.15, -0.1) is 0 Å². The Morgan fingerprint density at radius 2 is 1.90 bits per heavy atom. The molecule has 8 N–H and O–H groups in total. The van der Waals surface area contributed by atoms with Gasteiger partial charge >= 0.3 is 5.91 Å². The summed E-state index contributed by atoms with van der Waals surface area (Å²) < 4.78 is 0. The summed E-state index contributed by atoms with van der Waals surface area (Å²) in [6.45, 7) is 0. The van der Waals surface area contributed by atoms with Crippen molar-refractivity contribution in [1.29, 1.82) is 0 Å². The Bertz CT molecular complexity index is 1660. The van der Waals surface area contributed by atoms with Gasteiger partial charge in [-0.2, -0.15) is 5.48 Å². The fourth-order valence-corrected chi connectivity index (χ4v) is 5.96. The van der Waals surface area contributed by atoms with Crippen LogP contribution in [0.4, 0.5) is 0 Å². The van der Waals surface area contributed by atoms with E-state index in [1.807, 2.05) is 0 Å². The number of phenolic OH excluding ortho intramolecular Hbond substituents is 1. The van der Waals surface area contributed by atoms with Crippen molar-refractivity contribution in [3.8, 4) is 11.5 Å². The molecule has 2 aromatic rings. The molecule has 0 unspecified atom stereocenters. The highest BCUT2D eigenvalue weighted by molar-refractivity contribution is 6.24. The highest BCUT2D eigenvalue weighted by atomic mass is 16.7. The molecule has 214 valence electrons. The number of fused-ring (bicyclic) bond motifs is 3. The largest absolute Gasteiger partial charge is 0.508 e. The lowest BCUT2D eigenvalue weighted by Crippen LogP contribution is -2.65. The van der Waals surface area contributed by atoms with Crippen LogP contribution in [0.15, 0.2) is 46.2 Å². The first-order chi connectivity index (χ1) is 19.3. The molecule has 1 saturated carbocycles. The average Bonchev–Trinajstić information content (AvgIpc) is 2.89. The van der Waals surface area contributed by atoms with Gasteiger partial charge in [0.05, 0.1) is 17.9 Å². The molecule has 2 amide bonds. The summed E-state index contributed by atoms with van der Waals surface area (Å²) in [4.78, 5) is 75.8. The lowest BCUT2D eigenvalue weighted by molar-refractivity contribution is -0.153. The number of hydrogen-bond donors (Lipinski definition) is 7. The number of hydrogen-bond acceptors (Lipinski definition) is 12. The number of nitrogens with zero attached hydrogens (tertiary/aromatic N) is 2. The summed E-state index contributed by atoms with van der Waals surface area (Å²) in [5, 5.41) is 44.3. The van der Waals surface area contributed by atoms with Crippen molar-refractivity contribution in [3.63, 3.8) is 0 Å². The second-order valence-corrected chi connectivity index (χ2v) is 10.2. The molecule has 3 aliphatic carbocycles. The first-order valence-corrected chi connectivity index (χ1v) is 12.3. The van der Waals surface area contributed by atoms with E-state index in [2.05, 4.69) is 15.4 Å². The molecule has 5 rings (SSSR count). The summed E-state index contributed by atoms with van der Waals surface area (Å²) in [5.74, 6) is -8.68. The number of aromatic amines is 1. The first-order valence-electron chi connectivity index (χ1n) is 12.3. The molecular formula is C26H25N5O10. The van der Waals surface area contributed by atoms with Crippen LogP contribution in [0.25, 0.3) is 5.76 Å². The Balaban J connectivity index is 1.58. The van der Waals surface area contributed by atoms with Crippen LogP contribution in [-0.4, -0.2) is 84.4 Å². The van der Waals surface area contributed by atoms with Crippen molar-refractivity contribution in [2.45, 2.75) is 24.5 Å². The zero-order valence-electron chi connectivity index (χ0n) is 21.7. The van der Waals surface area contributed by atoms with Gasteiger partial charge in [-0.3, -0.25) is 28.9 Å². The number of carbonyl (C=O) groups is 4. The quantitative estimate of drug-likeness (QED) is 0.166. The van der Waals surface area contributed by atoms with E-state index in [4.69, 9.17) is 10.6 Å². The number of amides is 2. The molecule has 0 spiro atoms. The summed E-state index contributed by atoms with van der Waals surface area (Å²) in [6, 6.07) is 2.16. The normalized spacial score (nSPS) is 25.4. The molecule has 1 heterocycles. The third kappa shape index (κ3) is 4.05. The summed E-state index contributed by atoms with van der Waals surface area (Å²) >= 11 is 0. The predicted molar refractivity (Wildman–Crippen MR) is 137 cm³/mol. The van der Waals surface area contributed by atoms with Crippen LogP contribution < -0.4 is 21.6 Å². The molecular weight excluding hydrogens is 542 g/mol. The minimum Gasteiger partial charge on any atom is -0.508 e. The number of benzene rings is 1. The van der Waals surface area contributed by atoms with E-state index >= 15 is 0 Å². The number of rotatable bonds is 5. The van der Waals surface area contributed by atoms with Crippen molar-refractivity contribution in [2.24, 2.45) is 17.6 Å². The Morgan fingerprint density at radius 3 is 2.54 bits per heavy atom. The molecule has 3 aliphatic rings. The van der Waals surface area contributed by atoms with Crippen LogP contribution in [0.3, 0.4) is 0 Å². The van der Waals surface area contributed by atoms with E-state index in [0.29, 0.717) is 0 Å². The molecule has 0 aliphatic heterocycles. The number of carbonyl (C=O) groups excluding carboxylic acids is 4. The highest BCUT2D eigenvalue weighted by Gasteiger charge is 2.64. The third-order valence-corrected chi connectivity index (χ3v) is 7.73. The van der Waals surface area contributed by atoms with Gasteiger partial charge in [-0.05, 0) is 45.0 Å². The number of aliphatic hydroxyl groups excluding tert-OH is 2. The number of nitrogens with one attached hydrogen (secondary N) is 2. The Kier molecular flexibility index (Phi) is 6.43. The van der Waals surface area contributed by atoms with Crippen LogP contribution >= 0.6 is 0 Å². The van der Waals surface area contributed by atoms with E-state index < -0.39 is 75.3 Å². The van der Waals surface area contributed by atoms with Crippen LogP contribution in [0.1, 0.15) is 28.0 Å². The molecule has 15 heteroatoms. The van der Waals surface area contributed by atoms with Gasteiger partial charge in [-0.25, -0.2) is 4.98 Å². The Hall–Kier alpha value is -5.02. The maximum Gasteiger partial charge on any atom is 0.302 e. The summed E-state index contributed by atoms with van der Waals surface area (Å²) in [6.07, 6.45) is 0.850. The number of H-pyrrole nitrogens is 1. The van der Waals surface area contributed by atoms with E-state index in [9.17, 15) is 44.4 Å².